The maximum atomic E-state index is 11.7. The van der Waals surface area contributed by atoms with Gasteiger partial charge in [0.15, 0.2) is 0 Å². The Morgan fingerprint density at radius 1 is 1.20 bits per heavy atom. The lowest BCUT2D eigenvalue weighted by atomic mass is 10.1. The van der Waals surface area contributed by atoms with E-state index in [1.807, 2.05) is 5.01 Å². The molecule has 0 unspecified atom stereocenters. The van der Waals surface area contributed by atoms with Crippen LogP contribution < -0.4 is 10.7 Å². The zero-order valence-corrected chi connectivity index (χ0v) is 11.3. The average Bonchev–Trinajstić information content (AvgIpc) is 2.46. The van der Waals surface area contributed by atoms with Crippen molar-refractivity contribution in [2.45, 2.75) is 25.8 Å². The largest absolute Gasteiger partial charge is 0.478 e. The fourth-order valence-corrected chi connectivity index (χ4v) is 2.19. The molecule has 6 nitrogen and oxygen atoms in total. The van der Waals surface area contributed by atoms with Gasteiger partial charge in [-0.1, -0.05) is 18.6 Å². The predicted molar refractivity (Wildman–Crippen MR) is 74.2 cm³/mol. The zero-order chi connectivity index (χ0) is 14.4. The third-order valence-electron chi connectivity index (χ3n) is 3.24. The highest BCUT2D eigenvalue weighted by atomic mass is 16.4. The van der Waals surface area contributed by atoms with E-state index in [9.17, 15) is 9.59 Å². The molecule has 1 aliphatic heterocycles. The van der Waals surface area contributed by atoms with Crippen LogP contribution in [0.4, 0.5) is 4.79 Å². The number of carboxylic acids is 1. The van der Waals surface area contributed by atoms with Gasteiger partial charge in [0.25, 0.3) is 0 Å². The first-order valence-corrected chi connectivity index (χ1v) is 6.77. The molecule has 1 aliphatic rings. The van der Waals surface area contributed by atoms with Crippen molar-refractivity contribution in [1.29, 1.82) is 0 Å². The van der Waals surface area contributed by atoms with Gasteiger partial charge in [-0.25, -0.2) is 14.6 Å². The number of nitrogens with zero attached hydrogens (tertiary/aromatic N) is 1. The predicted octanol–water partition coefficient (Wildman–Crippen LogP) is 1.58. The minimum absolute atomic E-state index is 0.223. The second kappa shape index (κ2) is 6.91. The maximum absolute atomic E-state index is 11.7. The highest BCUT2D eigenvalue weighted by Gasteiger charge is 2.12. The third kappa shape index (κ3) is 4.24. The number of aromatic carboxylic acids is 1. The van der Waals surface area contributed by atoms with E-state index in [0.29, 0.717) is 6.54 Å². The molecule has 0 bridgehead atoms. The number of urea groups is 1. The van der Waals surface area contributed by atoms with Crippen molar-refractivity contribution in [1.82, 2.24) is 15.8 Å². The number of nitrogens with one attached hydrogen (secondary N) is 2. The van der Waals surface area contributed by atoms with Crippen LogP contribution in [0.2, 0.25) is 0 Å². The molecule has 1 aromatic rings. The van der Waals surface area contributed by atoms with Crippen molar-refractivity contribution in [2.75, 3.05) is 13.1 Å². The van der Waals surface area contributed by atoms with Crippen molar-refractivity contribution < 1.29 is 14.7 Å². The van der Waals surface area contributed by atoms with Crippen LogP contribution in [0.25, 0.3) is 0 Å². The number of rotatable bonds is 4. The van der Waals surface area contributed by atoms with Crippen LogP contribution in [-0.4, -0.2) is 35.2 Å². The summed E-state index contributed by atoms with van der Waals surface area (Å²) in [4.78, 5) is 22.6. The standard InChI is InChI=1S/C14H19N3O3/c18-13(19)12-6-4-5-11(9-12)10-15-14(20)16-17-7-2-1-3-8-17/h4-6,9H,1-3,7-8,10H2,(H,18,19)(H2,15,16,20). The third-order valence-corrected chi connectivity index (χ3v) is 3.24. The molecular weight excluding hydrogens is 258 g/mol. The normalized spacial score (nSPS) is 15.6. The molecule has 0 radical (unpaired) electrons. The molecule has 2 rings (SSSR count). The molecule has 1 aromatic carbocycles. The summed E-state index contributed by atoms with van der Waals surface area (Å²) in [6, 6.07) is 6.28. The number of hydrazine groups is 1. The Kier molecular flexibility index (Phi) is 4.95. The van der Waals surface area contributed by atoms with Gasteiger partial charge in [-0.15, -0.1) is 0 Å². The van der Waals surface area contributed by atoms with Crippen molar-refractivity contribution >= 4 is 12.0 Å². The smallest absolute Gasteiger partial charge is 0.335 e. The van der Waals surface area contributed by atoms with Gasteiger partial charge in [-0.05, 0) is 30.5 Å². The summed E-state index contributed by atoms with van der Waals surface area (Å²) in [5.74, 6) is -0.968. The number of carbonyl (C=O) groups is 2. The lowest BCUT2D eigenvalue weighted by Gasteiger charge is -2.26. The van der Waals surface area contributed by atoms with Crippen molar-refractivity contribution in [3.05, 3.63) is 35.4 Å². The van der Waals surface area contributed by atoms with Gasteiger partial charge in [0.05, 0.1) is 5.56 Å². The minimum Gasteiger partial charge on any atom is -0.478 e. The molecule has 20 heavy (non-hydrogen) atoms. The topological polar surface area (TPSA) is 81.7 Å². The summed E-state index contributed by atoms with van der Waals surface area (Å²) in [5.41, 5.74) is 3.78. The van der Waals surface area contributed by atoms with E-state index in [4.69, 9.17) is 5.11 Å². The molecule has 1 heterocycles. The van der Waals surface area contributed by atoms with Gasteiger partial charge in [-0.2, -0.15) is 0 Å². The van der Waals surface area contributed by atoms with Crippen LogP contribution in [0.3, 0.4) is 0 Å². The highest BCUT2D eigenvalue weighted by molar-refractivity contribution is 5.87. The van der Waals surface area contributed by atoms with E-state index in [1.54, 1.807) is 18.2 Å². The Morgan fingerprint density at radius 2 is 1.95 bits per heavy atom. The van der Waals surface area contributed by atoms with Gasteiger partial charge in [-0.3, -0.25) is 5.43 Å². The Hall–Kier alpha value is -2.08. The van der Waals surface area contributed by atoms with E-state index < -0.39 is 5.97 Å². The van der Waals surface area contributed by atoms with Crippen LogP contribution in [-0.2, 0) is 6.54 Å². The van der Waals surface area contributed by atoms with Crippen molar-refractivity contribution in [3.8, 4) is 0 Å². The number of carboxylic acid groups (broad SMARTS) is 1. The van der Waals surface area contributed by atoms with Crippen LogP contribution in [0.1, 0.15) is 35.2 Å². The number of amides is 2. The molecule has 0 aromatic heterocycles. The van der Waals surface area contributed by atoms with E-state index in [-0.39, 0.29) is 11.6 Å². The molecule has 108 valence electrons. The zero-order valence-electron chi connectivity index (χ0n) is 11.3. The summed E-state index contributed by atoms with van der Waals surface area (Å²) in [6.45, 7) is 2.06. The molecule has 0 spiro atoms. The Labute approximate surface area is 117 Å². The summed E-state index contributed by atoms with van der Waals surface area (Å²) < 4.78 is 0. The Morgan fingerprint density at radius 3 is 2.65 bits per heavy atom. The first kappa shape index (κ1) is 14.3. The number of hydrogen-bond acceptors (Lipinski definition) is 3. The van der Waals surface area contributed by atoms with Gasteiger partial charge in [0, 0.05) is 19.6 Å². The SMILES string of the molecule is O=C(NCc1cccc(C(=O)O)c1)NN1CCCCC1. The van der Waals surface area contributed by atoms with Gasteiger partial charge >= 0.3 is 12.0 Å². The fraction of sp³-hybridized carbons (Fsp3) is 0.429. The summed E-state index contributed by atoms with van der Waals surface area (Å²) in [7, 11) is 0. The molecule has 0 aliphatic carbocycles. The second-order valence-electron chi connectivity index (χ2n) is 4.85. The van der Waals surface area contributed by atoms with Gasteiger partial charge < -0.3 is 10.4 Å². The van der Waals surface area contributed by atoms with E-state index in [2.05, 4.69) is 10.7 Å². The molecule has 2 amide bonds. The molecule has 0 saturated carbocycles. The lowest BCUT2D eigenvalue weighted by molar-refractivity contribution is 0.0696. The number of carbonyl (C=O) groups excluding carboxylic acids is 1. The van der Waals surface area contributed by atoms with Crippen LogP contribution in [0.15, 0.2) is 24.3 Å². The Balaban J connectivity index is 1.80. The summed E-state index contributed by atoms with van der Waals surface area (Å²) in [5, 5.41) is 13.5. The first-order valence-electron chi connectivity index (χ1n) is 6.77. The number of hydrogen-bond donors (Lipinski definition) is 3. The van der Waals surface area contributed by atoms with E-state index >= 15 is 0 Å². The summed E-state index contributed by atoms with van der Waals surface area (Å²) >= 11 is 0. The van der Waals surface area contributed by atoms with Crippen LogP contribution in [0, 0.1) is 0 Å². The lowest BCUT2D eigenvalue weighted by Crippen LogP contribution is -2.49. The molecule has 6 heteroatoms. The monoisotopic (exact) mass is 277 g/mol. The molecule has 1 saturated heterocycles. The van der Waals surface area contributed by atoms with Gasteiger partial charge in [0.2, 0.25) is 0 Å². The quantitative estimate of drug-likeness (QED) is 0.780. The van der Waals surface area contributed by atoms with Crippen LogP contribution >= 0.6 is 0 Å². The Bertz CT molecular complexity index is 484. The first-order chi connectivity index (χ1) is 9.65. The van der Waals surface area contributed by atoms with Gasteiger partial charge in [0.1, 0.15) is 0 Å². The minimum atomic E-state index is -0.968. The molecular formula is C14H19N3O3. The number of benzene rings is 1. The maximum Gasteiger partial charge on any atom is 0.335 e. The second-order valence-corrected chi connectivity index (χ2v) is 4.85. The molecule has 3 N–H and O–H groups in total. The van der Waals surface area contributed by atoms with Crippen molar-refractivity contribution in [3.63, 3.8) is 0 Å². The average molecular weight is 277 g/mol. The van der Waals surface area contributed by atoms with Crippen LogP contribution in [0.5, 0.6) is 0 Å². The highest BCUT2D eigenvalue weighted by Crippen LogP contribution is 2.06. The molecule has 0 atom stereocenters. The fourth-order valence-electron chi connectivity index (χ4n) is 2.19. The number of piperidine rings is 1. The summed E-state index contributed by atoms with van der Waals surface area (Å²) in [6.07, 6.45) is 3.41. The molecule has 1 fully saturated rings. The van der Waals surface area contributed by atoms with E-state index in [1.165, 1.54) is 12.5 Å². The van der Waals surface area contributed by atoms with Crippen molar-refractivity contribution in [2.24, 2.45) is 0 Å². The van der Waals surface area contributed by atoms with E-state index in [0.717, 1.165) is 31.5 Å².